The molecule has 0 aliphatic carbocycles. The van der Waals surface area contributed by atoms with Gasteiger partial charge in [-0.15, -0.1) is 0 Å². The van der Waals surface area contributed by atoms with Gasteiger partial charge in [0.2, 0.25) is 0 Å². The molecule has 0 spiro atoms. The number of halogens is 1. The van der Waals surface area contributed by atoms with Crippen molar-refractivity contribution in [1.82, 2.24) is 10.2 Å². The van der Waals surface area contributed by atoms with E-state index in [-0.39, 0.29) is 11.9 Å². The molecule has 3 unspecified atom stereocenters. The molecular formula is C17H25FN2O. The van der Waals surface area contributed by atoms with Crippen LogP contribution >= 0.6 is 0 Å². The topological polar surface area (TPSA) is 24.5 Å². The highest BCUT2D eigenvalue weighted by atomic mass is 19.1. The summed E-state index contributed by atoms with van der Waals surface area (Å²) in [6.45, 7) is 4.27. The number of ether oxygens (including phenoxy) is 1. The van der Waals surface area contributed by atoms with E-state index in [1.807, 2.05) is 6.07 Å². The Hall–Kier alpha value is -1.13. The van der Waals surface area contributed by atoms with E-state index in [0.29, 0.717) is 23.4 Å². The highest BCUT2D eigenvalue weighted by molar-refractivity contribution is 5.37. The fraction of sp³-hybridized carbons (Fsp3) is 0.647. The molecule has 2 saturated heterocycles. The second-order valence-electron chi connectivity index (χ2n) is 6.18. The van der Waals surface area contributed by atoms with Crippen LogP contribution in [-0.2, 0) is 0 Å². The van der Waals surface area contributed by atoms with Gasteiger partial charge in [0.1, 0.15) is 11.6 Å². The number of nitrogens with one attached hydrogen (secondary N) is 1. The van der Waals surface area contributed by atoms with E-state index in [0.717, 1.165) is 13.1 Å². The Balaban J connectivity index is 1.85. The van der Waals surface area contributed by atoms with Gasteiger partial charge in [-0.05, 0) is 57.8 Å². The van der Waals surface area contributed by atoms with E-state index in [1.165, 1.54) is 31.7 Å². The first-order valence-corrected chi connectivity index (χ1v) is 8.04. The molecule has 4 heteroatoms. The minimum Gasteiger partial charge on any atom is -0.496 e. The molecule has 2 aliphatic rings. The molecule has 0 radical (unpaired) electrons. The van der Waals surface area contributed by atoms with Crippen LogP contribution in [0.3, 0.4) is 0 Å². The van der Waals surface area contributed by atoms with Crippen molar-refractivity contribution in [2.24, 2.45) is 0 Å². The molecule has 3 atom stereocenters. The quantitative estimate of drug-likeness (QED) is 0.923. The molecule has 0 aromatic heterocycles. The number of hydrogen-bond acceptors (Lipinski definition) is 3. The molecule has 21 heavy (non-hydrogen) atoms. The number of rotatable bonds is 4. The smallest absolute Gasteiger partial charge is 0.131 e. The van der Waals surface area contributed by atoms with Crippen molar-refractivity contribution in [2.45, 2.75) is 50.7 Å². The van der Waals surface area contributed by atoms with Crippen LogP contribution in [0.25, 0.3) is 0 Å². The first kappa shape index (κ1) is 14.8. The summed E-state index contributed by atoms with van der Waals surface area (Å²) in [7, 11) is 1.62. The Labute approximate surface area is 126 Å². The van der Waals surface area contributed by atoms with Crippen LogP contribution in [0.4, 0.5) is 4.39 Å². The summed E-state index contributed by atoms with van der Waals surface area (Å²) < 4.78 is 19.7. The minimum atomic E-state index is -0.160. The second kappa shape index (κ2) is 6.32. The zero-order valence-electron chi connectivity index (χ0n) is 12.9. The summed E-state index contributed by atoms with van der Waals surface area (Å²) in [5, 5.41) is 3.61. The number of hydrogen-bond donors (Lipinski definition) is 1. The van der Waals surface area contributed by atoms with Crippen LogP contribution < -0.4 is 10.1 Å². The largest absolute Gasteiger partial charge is 0.496 e. The molecule has 2 fully saturated rings. The predicted octanol–water partition coefficient (Wildman–Crippen LogP) is 3.11. The van der Waals surface area contributed by atoms with Crippen LogP contribution in [0, 0.1) is 5.82 Å². The van der Waals surface area contributed by atoms with E-state index in [4.69, 9.17) is 4.74 Å². The lowest BCUT2D eigenvalue weighted by Crippen LogP contribution is -2.45. The second-order valence-corrected chi connectivity index (χ2v) is 6.18. The summed E-state index contributed by atoms with van der Waals surface area (Å²) in [4.78, 5) is 2.46. The van der Waals surface area contributed by atoms with Gasteiger partial charge in [-0.1, -0.05) is 6.07 Å². The normalized spacial score (nSPS) is 28.0. The molecule has 1 N–H and O–H groups in total. The maximum Gasteiger partial charge on any atom is 0.131 e. The third kappa shape index (κ3) is 2.79. The van der Waals surface area contributed by atoms with E-state index in [9.17, 15) is 4.39 Å². The van der Waals surface area contributed by atoms with Crippen LogP contribution in [0.2, 0.25) is 0 Å². The van der Waals surface area contributed by atoms with Gasteiger partial charge in [-0.25, -0.2) is 4.39 Å². The highest BCUT2D eigenvalue weighted by Crippen LogP contribution is 2.37. The Morgan fingerprint density at radius 1 is 1.33 bits per heavy atom. The summed E-state index contributed by atoms with van der Waals surface area (Å²) in [5.41, 5.74) is 0.699. The van der Waals surface area contributed by atoms with Gasteiger partial charge in [-0.3, -0.25) is 4.90 Å². The lowest BCUT2D eigenvalue weighted by atomic mass is 9.99. The van der Waals surface area contributed by atoms with E-state index < -0.39 is 0 Å². The average molecular weight is 292 g/mol. The Bertz CT molecular complexity index is 488. The fourth-order valence-corrected chi connectivity index (χ4v) is 4.03. The van der Waals surface area contributed by atoms with E-state index in [2.05, 4.69) is 17.1 Å². The maximum absolute atomic E-state index is 14.3. The third-order valence-electron chi connectivity index (χ3n) is 5.05. The number of likely N-dealkylation sites (tertiary alicyclic amines) is 1. The van der Waals surface area contributed by atoms with Gasteiger partial charge in [0.05, 0.1) is 7.11 Å². The van der Waals surface area contributed by atoms with Crippen molar-refractivity contribution in [1.29, 1.82) is 0 Å². The SMILES string of the molecule is COc1cccc(F)c1C(C)N1CCCC1C1CCCN1. The highest BCUT2D eigenvalue weighted by Gasteiger charge is 2.37. The first-order chi connectivity index (χ1) is 10.2. The maximum atomic E-state index is 14.3. The molecule has 1 aromatic rings. The summed E-state index contributed by atoms with van der Waals surface area (Å²) in [5.74, 6) is 0.499. The van der Waals surface area contributed by atoms with Gasteiger partial charge in [-0.2, -0.15) is 0 Å². The van der Waals surface area contributed by atoms with Crippen LogP contribution in [0.5, 0.6) is 5.75 Å². The first-order valence-electron chi connectivity index (χ1n) is 8.04. The summed E-state index contributed by atoms with van der Waals surface area (Å²) >= 11 is 0. The van der Waals surface area contributed by atoms with Gasteiger partial charge >= 0.3 is 0 Å². The van der Waals surface area contributed by atoms with Crippen LogP contribution in [0.1, 0.15) is 44.2 Å². The van der Waals surface area contributed by atoms with Crippen molar-refractivity contribution < 1.29 is 9.13 Å². The molecule has 3 nitrogen and oxygen atoms in total. The Morgan fingerprint density at radius 3 is 2.90 bits per heavy atom. The zero-order valence-corrected chi connectivity index (χ0v) is 12.9. The summed E-state index contributed by atoms with van der Waals surface area (Å²) in [6, 6.07) is 6.24. The van der Waals surface area contributed by atoms with E-state index >= 15 is 0 Å². The van der Waals surface area contributed by atoms with Gasteiger partial charge in [0, 0.05) is 23.7 Å². The molecule has 1 aromatic carbocycles. The van der Waals surface area contributed by atoms with Crippen molar-refractivity contribution >= 4 is 0 Å². The monoisotopic (exact) mass is 292 g/mol. The molecule has 0 bridgehead atoms. The van der Waals surface area contributed by atoms with Gasteiger partial charge in [0.15, 0.2) is 0 Å². The lowest BCUT2D eigenvalue weighted by Gasteiger charge is -2.35. The molecule has 2 aliphatic heterocycles. The van der Waals surface area contributed by atoms with Crippen LogP contribution in [-0.4, -0.2) is 37.2 Å². The number of nitrogens with zero attached hydrogens (tertiary/aromatic N) is 1. The molecule has 0 amide bonds. The standard InChI is InChI=1S/C17H25FN2O/c1-12(17-13(18)6-3-9-16(17)21-2)20-11-5-8-15(20)14-7-4-10-19-14/h3,6,9,12,14-15,19H,4-5,7-8,10-11H2,1-2H3. The molecular weight excluding hydrogens is 267 g/mol. The fourth-order valence-electron chi connectivity index (χ4n) is 4.03. The average Bonchev–Trinajstić information content (AvgIpc) is 3.16. The Kier molecular flexibility index (Phi) is 4.45. The molecule has 0 saturated carbocycles. The zero-order chi connectivity index (χ0) is 14.8. The van der Waals surface area contributed by atoms with Crippen molar-refractivity contribution in [3.05, 3.63) is 29.6 Å². The van der Waals surface area contributed by atoms with Gasteiger partial charge < -0.3 is 10.1 Å². The molecule has 3 rings (SSSR count). The van der Waals surface area contributed by atoms with Crippen molar-refractivity contribution in [3.8, 4) is 5.75 Å². The third-order valence-corrected chi connectivity index (χ3v) is 5.05. The van der Waals surface area contributed by atoms with Crippen molar-refractivity contribution in [2.75, 3.05) is 20.2 Å². The lowest BCUT2D eigenvalue weighted by molar-refractivity contribution is 0.158. The van der Waals surface area contributed by atoms with Gasteiger partial charge in [0.25, 0.3) is 0 Å². The van der Waals surface area contributed by atoms with E-state index in [1.54, 1.807) is 13.2 Å². The number of benzene rings is 1. The van der Waals surface area contributed by atoms with Crippen LogP contribution in [0.15, 0.2) is 18.2 Å². The van der Waals surface area contributed by atoms with Crippen molar-refractivity contribution in [3.63, 3.8) is 0 Å². The summed E-state index contributed by atoms with van der Waals surface area (Å²) in [6.07, 6.45) is 4.90. The molecule has 2 heterocycles. The Morgan fingerprint density at radius 2 is 2.19 bits per heavy atom. The molecule has 116 valence electrons. The minimum absolute atomic E-state index is 0.0519. The predicted molar refractivity (Wildman–Crippen MR) is 82.1 cm³/mol. The number of methoxy groups -OCH3 is 1.